The van der Waals surface area contributed by atoms with E-state index in [4.69, 9.17) is 4.74 Å². The zero-order chi connectivity index (χ0) is 22.6. The third-order valence-corrected chi connectivity index (χ3v) is 6.88. The largest absolute Gasteiger partial charge is 0.375 e. The first-order valence-electron chi connectivity index (χ1n) is 11.8. The number of nitrogens with zero attached hydrogens (tertiary/aromatic N) is 4. The van der Waals surface area contributed by atoms with Gasteiger partial charge in [-0.2, -0.15) is 0 Å². The van der Waals surface area contributed by atoms with Crippen LogP contribution in [-0.2, 0) is 4.74 Å². The Morgan fingerprint density at radius 3 is 2.69 bits per heavy atom. The van der Waals surface area contributed by atoms with Crippen LogP contribution in [0.4, 0.5) is 11.6 Å². The van der Waals surface area contributed by atoms with Gasteiger partial charge in [0, 0.05) is 62.0 Å². The van der Waals surface area contributed by atoms with Crippen LogP contribution in [0.5, 0.6) is 0 Å². The van der Waals surface area contributed by atoms with Gasteiger partial charge in [-0.1, -0.05) is 6.07 Å². The Morgan fingerprint density at radius 1 is 1.25 bits per heavy atom. The molecule has 0 bridgehead atoms. The maximum atomic E-state index is 13.5. The van der Waals surface area contributed by atoms with Gasteiger partial charge in [-0.05, 0) is 70.7 Å². The lowest BCUT2D eigenvalue weighted by atomic mass is 9.81. The molecule has 1 atom stereocenters. The van der Waals surface area contributed by atoms with Gasteiger partial charge in [0.1, 0.15) is 0 Å². The molecule has 1 N–H and O–H groups in total. The Labute approximate surface area is 191 Å². The minimum atomic E-state index is -0.0872. The molecular formula is C25H35N5O2. The fraction of sp³-hybridized carbons (Fsp3) is 0.560. The zero-order valence-electron chi connectivity index (χ0n) is 19.5. The number of piperidine rings is 1. The van der Waals surface area contributed by atoms with Gasteiger partial charge in [0.25, 0.3) is 5.91 Å². The van der Waals surface area contributed by atoms with Crippen LogP contribution in [0.15, 0.2) is 42.7 Å². The molecule has 7 heteroatoms. The van der Waals surface area contributed by atoms with Gasteiger partial charge in [-0.3, -0.25) is 4.79 Å². The number of amides is 1. The molecule has 2 aliphatic heterocycles. The molecule has 0 saturated carbocycles. The van der Waals surface area contributed by atoms with Crippen molar-refractivity contribution in [2.45, 2.75) is 64.1 Å². The molecule has 0 radical (unpaired) electrons. The molecule has 1 amide bonds. The first kappa shape index (κ1) is 22.7. The summed E-state index contributed by atoms with van der Waals surface area (Å²) in [6.45, 7) is 10.1. The highest BCUT2D eigenvalue weighted by atomic mass is 16.5. The molecule has 3 heterocycles. The van der Waals surface area contributed by atoms with Crippen LogP contribution in [0, 0.1) is 0 Å². The molecular weight excluding hydrogens is 402 g/mol. The number of rotatable bonds is 6. The van der Waals surface area contributed by atoms with Crippen molar-refractivity contribution in [3.8, 4) is 0 Å². The Morgan fingerprint density at radius 2 is 2.00 bits per heavy atom. The molecule has 4 rings (SSSR count). The summed E-state index contributed by atoms with van der Waals surface area (Å²) in [4.78, 5) is 26.5. The number of aromatic nitrogens is 2. The molecule has 172 valence electrons. The minimum Gasteiger partial charge on any atom is -0.375 e. The summed E-state index contributed by atoms with van der Waals surface area (Å²) in [6, 6.07) is 10.2. The standard InChI is InChI=1S/C25H35N5O2/c1-4-30(22-9-16-32-25(18-22)10-14-29(15-11-25)19(2)3)23(31)20-7-5-8-21(17-20)28-24-26-12-6-13-27-24/h5-8,12-13,17,19,22H,4,9-11,14-16,18H2,1-3H3,(H,26,27,28)/t22-/m0/s1. The highest BCUT2D eigenvalue weighted by molar-refractivity contribution is 5.95. The average molecular weight is 438 g/mol. The van der Waals surface area contributed by atoms with E-state index in [0.29, 0.717) is 24.1 Å². The van der Waals surface area contributed by atoms with E-state index in [9.17, 15) is 4.79 Å². The number of likely N-dealkylation sites (tertiary alicyclic amines) is 1. The maximum absolute atomic E-state index is 13.5. The average Bonchev–Trinajstić information content (AvgIpc) is 2.81. The number of hydrogen-bond donors (Lipinski definition) is 1. The lowest BCUT2D eigenvalue weighted by Gasteiger charge is -2.49. The predicted octanol–water partition coefficient (Wildman–Crippen LogP) is 4.10. The monoisotopic (exact) mass is 437 g/mol. The van der Waals surface area contributed by atoms with Crippen molar-refractivity contribution >= 4 is 17.5 Å². The van der Waals surface area contributed by atoms with Gasteiger partial charge >= 0.3 is 0 Å². The molecule has 1 aromatic carbocycles. The van der Waals surface area contributed by atoms with Gasteiger partial charge in [0.15, 0.2) is 0 Å². The van der Waals surface area contributed by atoms with Crippen LogP contribution < -0.4 is 5.32 Å². The predicted molar refractivity (Wildman–Crippen MR) is 126 cm³/mol. The summed E-state index contributed by atoms with van der Waals surface area (Å²) in [7, 11) is 0. The third-order valence-electron chi connectivity index (χ3n) is 6.88. The second-order valence-corrected chi connectivity index (χ2v) is 9.18. The molecule has 0 unspecified atom stereocenters. The molecule has 2 aromatic rings. The summed E-state index contributed by atoms with van der Waals surface area (Å²) in [5, 5.41) is 3.18. The van der Waals surface area contributed by atoms with Gasteiger partial charge in [-0.15, -0.1) is 0 Å². The lowest BCUT2D eigenvalue weighted by molar-refractivity contribution is -0.131. The number of carbonyl (C=O) groups is 1. The Balaban J connectivity index is 1.45. The molecule has 2 fully saturated rings. The van der Waals surface area contributed by atoms with Crippen molar-refractivity contribution in [2.75, 3.05) is 31.6 Å². The maximum Gasteiger partial charge on any atom is 0.254 e. The van der Waals surface area contributed by atoms with Crippen LogP contribution in [0.25, 0.3) is 0 Å². The highest BCUT2D eigenvalue weighted by Gasteiger charge is 2.42. The lowest BCUT2D eigenvalue weighted by Crippen LogP contribution is -2.55. The van der Waals surface area contributed by atoms with Gasteiger partial charge < -0.3 is 19.9 Å². The van der Waals surface area contributed by atoms with E-state index in [-0.39, 0.29) is 17.6 Å². The Hall–Kier alpha value is -2.51. The van der Waals surface area contributed by atoms with E-state index in [1.54, 1.807) is 18.5 Å². The first-order valence-corrected chi connectivity index (χ1v) is 11.8. The van der Waals surface area contributed by atoms with Gasteiger partial charge in [0.05, 0.1) is 5.60 Å². The van der Waals surface area contributed by atoms with Crippen molar-refractivity contribution in [1.29, 1.82) is 0 Å². The van der Waals surface area contributed by atoms with E-state index < -0.39 is 0 Å². The fourth-order valence-corrected chi connectivity index (χ4v) is 5.02. The van der Waals surface area contributed by atoms with Crippen LogP contribution >= 0.6 is 0 Å². The van der Waals surface area contributed by atoms with Crippen molar-refractivity contribution in [3.63, 3.8) is 0 Å². The summed E-state index contributed by atoms with van der Waals surface area (Å²) in [5.74, 6) is 0.593. The van der Waals surface area contributed by atoms with E-state index in [1.165, 1.54) is 0 Å². The van der Waals surface area contributed by atoms with Crippen LogP contribution in [0.3, 0.4) is 0 Å². The van der Waals surface area contributed by atoms with Crippen molar-refractivity contribution in [3.05, 3.63) is 48.3 Å². The molecule has 1 spiro atoms. The molecule has 2 aliphatic rings. The topological polar surface area (TPSA) is 70.6 Å². The molecule has 2 saturated heterocycles. The van der Waals surface area contributed by atoms with Gasteiger partial charge in [0.2, 0.25) is 5.95 Å². The number of carbonyl (C=O) groups excluding carboxylic acids is 1. The van der Waals surface area contributed by atoms with E-state index in [0.717, 1.165) is 51.1 Å². The SMILES string of the molecule is CCN(C(=O)c1cccc(Nc2ncccn2)c1)[C@H]1CCOC2(CCN(C(C)C)CC2)C1. The summed E-state index contributed by atoms with van der Waals surface area (Å²) >= 11 is 0. The molecule has 0 aliphatic carbocycles. The molecule has 7 nitrogen and oxygen atoms in total. The second kappa shape index (κ2) is 9.96. The van der Waals surface area contributed by atoms with E-state index >= 15 is 0 Å². The van der Waals surface area contributed by atoms with Crippen LogP contribution in [-0.4, -0.2) is 69.6 Å². The van der Waals surface area contributed by atoms with Crippen LogP contribution in [0.1, 0.15) is 56.8 Å². The summed E-state index contributed by atoms with van der Waals surface area (Å²) in [6.07, 6.45) is 7.29. The quantitative estimate of drug-likeness (QED) is 0.734. The summed E-state index contributed by atoms with van der Waals surface area (Å²) in [5.41, 5.74) is 1.40. The first-order chi connectivity index (χ1) is 15.5. The van der Waals surface area contributed by atoms with Crippen LogP contribution in [0.2, 0.25) is 0 Å². The molecule has 32 heavy (non-hydrogen) atoms. The second-order valence-electron chi connectivity index (χ2n) is 9.18. The smallest absolute Gasteiger partial charge is 0.254 e. The normalized spacial score (nSPS) is 20.9. The molecule has 1 aromatic heterocycles. The highest BCUT2D eigenvalue weighted by Crippen LogP contribution is 2.37. The number of nitrogens with one attached hydrogen (secondary N) is 1. The van der Waals surface area contributed by atoms with Crippen molar-refractivity contribution < 1.29 is 9.53 Å². The van der Waals surface area contributed by atoms with E-state index in [2.05, 4.69) is 41.0 Å². The van der Waals surface area contributed by atoms with Crippen molar-refractivity contribution in [2.24, 2.45) is 0 Å². The van der Waals surface area contributed by atoms with Gasteiger partial charge in [-0.25, -0.2) is 9.97 Å². The number of anilines is 2. The minimum absolute atomic E-state index is 0.0757. The Kier molecular flexibility index (Phi) is 7.06. The number of hydrogen-bond acceptors (Lipinski definition) is 6. The fourth-order valence-electron chi connectivity index (χ4n) is 5.02. The summed E-state index contributed by atoms with van der Waals surface area (Å²) < 4.78 is 6.34. The number of benzene rings is 1. The number of ether oxygens (including phenoxy) is 1. The zero-order valence-corrected chi connectivity index (χ0v) is 19.5. The third kappa shape index (κ3) is 5.10. The van der Waals surface area contributed by atoms with Crippen molar-refractivity contribution in [1.82, 2.24) is 19.8 Å². The van der Waals surface area contributed by atoms with E-state index in [1.807, 2.05) is 29.2 Å². The Bertz CT molecular complexity index is 896.